The number of rotatable bonds is 9. The molecule has 3 rings (SSSR count). The second-order valence-electron chi connectivity index (χ2n) is 8.61. The number of aryl methyl sites for hydroxylation is 2. The standard InChI is InChI=1S/C28H31N3O3/c1-19(2)26(30-27(32)23-15-11-21(4)12-16-23)28(33)31-29-17-24-7-5-6-8-25(24)34-18-22-13-9-20(3)10-14-22/h5-17,19,26H,18H2,1-4H3,(H,30,32)(H,31,33). The van der Waals surface area contributed by atoms with Crippen LogP contribution in [0.1, 0.15) is 46.5 Å². The predicted molar refractivity (Wildman–Crippen MR) is 135 cm³/mol. The molecule has 1 atom stereocenters. The van der Waals surface area contributed by atoms with E-state index in [0.29, 0.717) is 17.9 Å². The molecule has 6 heteroatoms. The predicted octanol–water partition coefficient (Wildman–Crippen LogP) is 4.79. The number of hydrogen-bond acceptors (Lipinski definition) is 4. The summed E-state index contributed by atoms with van der Waals surface area (Å²) in [7, 11) is 0. The Kier molecular flexibility index (Phi) is 8.57. The van der Waals surface area contributed by atoms with E-state index in [2.05, 4.69) is 15.8 Å². The number of amides is 2. The quantitative estimate of drug-likeness (QED) is 0.358. The fraction of sp³-hybridized carbons (Fsp3) is 0.250. The van der Waals surface area contributed by atoms with Crippen LogP contribution in [-0.4, -0.2) is 24.1 Å². The van der Waals surface area contributed by atoms with Gasteiger partial charge in [-0.05, 0) is 49.6 Å². The highest BCUT2D eigenvalue weighted by atomic mass is 16.5. The summed E-state index contributed by atoms with van der Waals surface area (Å²) in [6.07, 6.45) is 1.54. The largest absolute Gasteiger partial charge is 0.488 e. The lowest BCUT2D eigenvalue weighted by atomic mass is 10.0. The Morgan fingerprint density at radius 1 is 0.912 bits per heavy atom. The molecule has 0 spiro atoms. The van der Waals surface area contributed by atoms with Crippen molar-refractivity contribution < 1.29 is 14.3 Å². The van der Waals surface area contributed by atoms with Crippen molar-refractivity contribution in [3.63, 3.8) is 0 Å². The Morgan fingerprint density at radius 2 is 1.53 bits per heavy atom. The first-order chi connectivity index (χ1) is 16.3. The third-order valence-electron chi connectivity index (χ3n) is 5.36. The van der Waals surface area contributed by atoms with Crippen LogP contribution in [0.2, 0.25) is 0 Å². The first-order valence-corrected chi connectivity index (χ1v) is 11.3. The van der Waals surface area contributed by atoms with Gasteiger partial charge in [0.25, 0.3) is 11.8 Å². The van der Waals surface area contributed by atoms with Crippen molar-refractivity contribution in [2.45, 2.75) is 40.3 Å². The zero-order valence-electron chi connectivity index (χ0n) is 20.0. The van der Waals surface area contributed by atoms with Crippen molar-refractivity contribution in [3.8, 4) is 5.75 Å². The van der Waals surface area contributed by atoms with Gasteiger partial charge >= 0.3 is 0 Å². The van der Waals surface area contributed by atoms with Gasteiger partial charge in [-0.15, -0.1) is 0 Å². The minimum Gasteiger partial charge on any atom is -0.488 e. The summed E-state index contributed by atoms with van der Waals surface area (Å²) >= 11 is 0. The molecule has 0 aliphatic rings. The number of carbonyl (C=O) groups excluding carboxylic acids is 2. The van der Waals surface area contributed by atoms with Gasteiger partial charge in [-0.1, -0.05) is 73.5 Å². The summed E-state index contributed by atoms with van der Waals surface area (Å²) in [6, 6.07) is 22.1. The highest BCUT2D eigenvalue weighted by Gasteiger charge is 2.24. The minimum absolute atomic E-state index is 0.116. The topological polar surface area (TPSA) is 79.8 Å². The normalized spacial score (nSPS) is 11.9. The maximum absolute atomic E-state index is 12.7. The van der Waals surface area contributed by atoms with Crippen LogP contribution in [0, 0.1) is 19.8 Å². The van der Waals surface area contributed by atoms with Gasteiger partial charge in [-0.2, -0.15) is 5.10 Å². The molecular formula is C28H31N3O3. The molecule has 3 aromatic rings. The molecule has 0 aromatic heterocycles. The van der Waals surface area contributed by atoms with Crippen molar-refractivity contribution in [1.29, 1.82) is 0 Å². The Labute approximate surface area is 201 Å². The molecule has 0 radical (unpaired) electrons. The van der Waals surface area contributed by atoms with E-state index >= 15 is 0 Å². The first-order valence-electron chi connectivity index (χ1n) is 11.3. The summed E-state index contributed by atoms with van der Waals surface area (Å²) in [5.41, 5.74) is 7.11. The third kappa shape index (κ3) is 7.04. The zero-order chi connectivity index (χ0) is 24.5. The molecule has 0 bridgehead atoms. The lowest BCUT2D eigenvalue weighted by Gasteiger charge is -2.20. The molecule has 176 valence electrons. The molecule has 1 unspecified atom stereocenters. The molecule has 0 fully saturated rings. The van der Waals surface area contributed by atoms with Crippen molar-refractivity contribution in [1.82, 2.24) is 10.7 Å². The van der Waals surface area contributed by atoms with E-state index in [1.54, 1.807) is 18.3 Å². The summed E-state index contributed by atoms with van der Waals surface area (Å²) in [4.78, 5) is 25.3. The highest BCUT2D eigenvalue weighted by molar-refractivity contribution is 5.97. The lowest BCUT2D eigenvalue weighted by molar-refractivity contribution is -0.123. The number of para-hydroxylation sites is 1. The average molecular weight is 458 g/mol. The lowest BCUT2D eigenvalue weighted by Crippen LogP contribution is -2.48. The second kappa shape index (κ2) is 11.8. The van der Waals surface area contributed by atoms with Crippen LogP contribution in [0.3, 0.4) is 0 Å². The molecule has 6 nitrogen and oxygen atoms in total. The van der Waals surface area contributed by atoms with E-state index in [-0.39, 0.29) is 17.7 Å². The SMILES string of the molecule is Cc1ccc(COc2ccccc2C=NNC(=O)C(NC(=O)c2ccc(C)cc2)C(C)C)cc1. The van der Waals surface area contributed by atoms with E-state index in [1.807, 2.05) is 88.4 Å². The van der Waals surface area contributed by atoms with Gasteiger partial charge in [-0.3, -0.25) is 9.59 Å². The molecule has 2 amide bonds. The van der Waals surface area contributed by atoms with Crippen LogP contribution in [-0.2, 0) is 11.4 Å². The van der Waals surface area contributed by atoms with E-state index < -0.39 is 6.04 Å². The van der Waals surface area contributed by atoms with Crippen molar-refractivity contribution in [3.05, 3.63) is 101 Å². The third-order valence-corrected chi connectivity index (χ3v) is 5.36. The number of hydrogen-bond donors (Lipinski definition) is 2. The minimum atomic E-state index is -0.723. The molecule has 2 N–H and O–H groups in total. The summed E-state index contributed by atoms with van der Waals surface area (Å²) in [6.45, 7) is 8.17. The van der Waals surface area contributed by atoms with Gasteiger partial charge in [0.2, 0.25) is 0 Å². The van der Waals surface area contributed by atoms with E-state index in [9.17, 15) is 9.59 Å². The smallest absolute Gasteiger partial charge is 0.262 e. The van der Waals surface area contributed by atoms with Crippen molar-refractivity contribution >= 4 is 18.0 Å². The number of nitrogens with one attached hydrogen (secondary N) is 2. The molecule has 34 heavy (non-hydrogen) atoms. The number of hydrazone groups is 1. The Bertz CT molecular complexity index is 1140. The summed E-state index contributed by atoms with van der Waals surface area (Å²) in [5, 5.41) is 6.91. The van der Waals surface area contributed by atoms with Crippen LogP contribution >= 0.6 is 0 Å². The number of nitrogens with zero attached hydrogens (tertiary/aromatic N) is 1. The van der Waals surface area contributed by atoms with Crippen LogP contribution in [0.4, 0.5) is 0 Å². The number of ether oxygens (including phenoxy) is 1. The Balaban J connectivity index is 1.61. The van der Waals surface area contributed by atoms with Crippen molar-refractivity contribution in [2.24, 2.45) is 11.0 Å². The van der Waals surface area contributed by atoms with Gasteiger partial charge in [0.15, 0.2) is 0 Å². The first kappa shape index (κ1) is 24.7. The summed E-state index contributed by atoms with van der Waals surface area (Å²) < 4.78 is 5.96. The zero-order valence-corrected chi connectivity index (χ0v) is 20.0. The van der Waals surface area contributed by atoms with E-state index in [4.69, 9.17) is 4.74 Å². The molecular weight excluding hydrogens is 426 g/mol. The molecule has 0 heterocycles. The monoisotopic (exact) mass is 457 g/mol. The highest BCUT2D eigenvalue weighted by Crippen LogP contribution is 2.18. The Hall–Kier alpha value is -3.93. The fourth-order valence-electron chi connectivity index (χ4n) is 3.26. The van der Waals surface area contributed by atoms with Crippen LogP contribution < -0.4 is 15.5 Å². The summed E-state index contributed by atoms with van der Waals surface area (Å²) in [5.74, 6) is -0.138. The van der Waals surface area contributed by atoms with Gasteiger partial charge < -0.3 is 10.1 Å². The van der Waals surface area contributed by atoms with Gasteiger partial charge in [0.05, 0.1) is 6.21 Å². The molecule has 0 aliphatic heterocycles. The molecule has 3 aromatic carbocycles. The van der Waals surface area contributed by atoms with Crippen molar-refractivity contribution in [2.75, 3.05) is 0 Å². The van der Waals surface area contributed by atoms with Gasteiger partial charge in [0, 0.05) is 11.1 Å². The van der Waals surface area contributed by atoms with E-state index in [1.165, 1.54) is 5.56 Å². The van der Waals surface area contributed by atoms with Gasteiger partial charge in [-0.25, -0.2) is 5.43 Å². The maximum Gasteiger partial charge on any atom is 0.262 e. The number of carbonyl (C=O) groups is 2. The second-order valence-corrected chi connectivity index (χ2v) is 8.61. The molecule has 0 aliphatic carbocycles. The van der Waals surface area contributed by atoms with Gasteiger partial charge in [0.1, 0.15) is 18.4 Å². The Morgan fingerprint density at radius 3 is 2.18 bits per heavy atom. The molecule has 0 saturated heterocycles. The maximum atomic E-state index is 12.7. The average Bonchev–Trinajstić information content (AvgIpc) is 2.83. The number of benzene rings is 3. The molecule has 0 saturated carbocycles. The van der Waals surface area contributed by atoms with Crippen LogP contribution in [0.15, 0.2) is 77.9 Å². The fourth-order valence-corrected chi connectivity index (χ4v) is 3.26. The van der Waals surface area contributed by atoms with Crippen LogP contribution in [0.5, 0.6) is 5.75 Å². The van der Waals surface area contributed by atoms with E-state index in [0.717, 1.165) is 16.7 Å². The van der Waals surface area contributed by atoms with Crippen LogP contribution in [0.25, 0.3) is 0 Å².